The number of nitrogens with zero attached hydrogens (tertiary/aromatic N) is 3. The number of halogens is 2. The van der Waals surface area contributed by atoms with Gasteiger partial charge in [0.05, 0.1) is 5.56 Å². The number of carbonyl (C=O) groups is 1. The molecule has 1 amide bonds. The molecule has 2 aromatic heterocycles. The predicted molar refractivity (Wildman–Crippen MR) is 112 cm³/mol. The van der Waals surface area contributed by atoms with E-state index in [2.05, 4.69) is 20.5 Å². The monoisotopic (exact) mass is 419 g/mol. The summed E-state index contributed by atoms with van der Waals surface area (Å²) in [5.41, 5.74) is 2.72. The molecule has 0 unspecified atom stereocenters. The number of amides is 1. The van der Waals surface area contributed by atoms with Crippen LogP contribution in [-0.2, 0) is 0 Å². The Morgan fingerprint density at radius 3 is 2.69 bits per heavy atom. The number of carbonyl (C=O) groups excluding carboxylic acids is 1. The third-order valence-corrected chi connectivity index (χ3v) is 5.19. The molecule has 0 aromatic carbocycles. The fourth-order valence-corrected chi connectivity index (χ4v) is 3.90. The van der Waals surface area contributed by atoms with E-state index in [-0.39, 0.29) is 30.7 Å². The minimum atomic E-state index is 0. The van der Waals surface area contributed by atoms with Crippen LogP contribution in [0.1, 0.15) is 28.2 Å². The lowest BCUT2D eigenvalue weighted by atomic mass is 10.2. The van der Waals surface area contributed by atoms with E-state index in [9.17, 15) is 4.79 Å². The lowest BCUT2D eigenvalue weighted by molar-refractivity contribution is 0.0950. The van der Waals surface area contributed by atoms with Crippen molar-refractivity contribution in [2.24, 2.45) is 0 Å². The molecule has 2 N–H and O–H groups in total. The molecule has 0 saturated carbocycles. The van der Waals surface area contributed by atoms with Gasteiger partial charge in [-0.3, -0.25) is 9.36 Å². The van der Waals surface area contributed by atoms with Gasteiger partial charge >= 0.3 is 0 Å². The summed E-state index contributed by atoms with van der Waals surface area (Å²) in [7, 11) is 0. The maximum absolute atomic E-state index is 12.5. The molecule has 9 heteroatoms. The standard InChI is InChI=1S/C17H25N5OS.2ClH/c1-13-12-15(14(2)22(13)17-20-7-11-24-17)16(23)19-4-3-8-21-9-5-18-6-10-21;;/h7,11-12,18H,3-6,8-10H2,1-2H3,(H,19,23);2*1H. The molecule has 1 aliphatic rings. The van der Waals surface area contributed by atoms with Crippen molar-refractivity contribution in [3.05, 3.63) is 34.6 Å². The Morgan fingerprint density at radius 1 is 1.31 bits per heavy atom. The van der Waals surface area contributed by atoms with Crippen LogP contribution >= 0.6 is 36.2 Å². The zero-order chi connectivity index (χ0) is 16.9. The molecule has 0 bridgehead atoms. The summed E-state index contributed by atoms with van der Waals surface area (Å²) in [5, 5.41) is 9.26. The van der Waals surface area contributed by atoms with Gasteiger partial charge < -0.3 is 15.5 Å². The van der Waals surface area contributed by atoms with Crippen molar-refractivity contribution in [1.29, 1.82) is 0 Å². The van der Waals surface area contributed by atoms with Crippen LogP contribution in [0.25, 0.3) is 5.13 Å². The van der Waals surface area contributed by atoms with Crippen molar-refractivity contribution in [2.45, 2.75) is 20.3 Å². The van der Waals surface area contributed by atoms with Gasteiger partial charge in [0.25, 0.3) is 5.91 Å². The fraction of sp³-hybridized carbons (Fsp3) is 0.529. The predicted octanol–water partition coefficient (Wildman–Crippen LogP) is 2.42. The smallest absolute Gasteiger partial charge is 0.253 e. The Bertz CT molecular complexity index is 684. The lowest BCUT2D eigenvalue weighted by Crippen LogP contribution is -2.44. The Morgan fingerprint density at radius 2 is 2.04 bits per heavy atom. The Labute approximate surface area is 171 Å². The van der Waals surface area contributed by atoms with Crippen LogP contribution in [0.15, 0.2) is 17.6 Å². The molecule has 0 atom stereocenters. The topological polar surface area (TPSA) is 62.2 Å². The van der Waals surface area contributed by atoms with Crippen LogP contribution in [0, 0.1) is 13.8 Å². The number of piperazine rings is 1. The molecule has 0 aliphatic carbocycles. The number of nitrogens with one attached hydrogen (secondary N) is 2. The van der Waals surface area contributed by atoms with Crippen molar-refractivity contribution < 1.29 is 4.79 Å². The van der Waals surface area contributed by atoms with Crippen LogP contribution in [0.3, 0.4) is 0 Å². The third kappa shape index (κ3) is 5.44. The second-order valence-corrected chi connectivity index (χ2v) is 7.01. The first-order valence-electron chi connectivity index (χ1n) is 8.47. The first-order chi connectivity index (χ1) is 11.7. The van der Waals surface area contributed by atoms with Crippen LogP contribution in [0.4, 0.5) is 0 Å². The average molecular weight is 420 g/mol. The first-order valence-corrected chi connectivity index (χ1v) is 9.35. The summed E-state index contributed by atoms with van der Waals surface area (Å²) in [6.07, 6.45) is 2.77. The van der Waals surface area contributed by atoms with E-state index in [4.69, 9.17) is 0 Å². The third-order valence-electron chi connectivity index (χ3n) is 4.43. The normalized spacial score (nSPS) is 14.4. The van der Waals surface area contributed by atoms with Crippen molar-refractivity contribution in [3.8, 4) is 5.13 Å². The maximum Gasteiger partial charge on any atom is 0.253 e. The zero-order valence-electron chi connectivity index (χ0n) is 15.2. The average Bonchev–Trinajstić information content (AvgIpc) is 3.20. The number of hydrogen-bond donors (Lipinski definition) is 2. The van der Waals surface area contributed by atoms with Gasteiger partial charge in [-0.25, -0.2) is 4.98 Å². The quantitative estimate of drug-likeness (QED) is 0.705. The van der Waals surface area contributed by atoms with Gasteiger partial charge in [0.2, 0.25) is 0 Å². The van der Waals surface area contributed by atoms with Crippen LogP contribution in [0.2, 0.25) is 0 Å². The van der Waals surface area contributed by atoms with E-state index in [0.717, 1.165) is 61.2 Å². The van der Waals surface area contributed by atoms with Crippen molar-refractivity contribution in [3.63, 3.8) is 0 Å². The number of aryl methyl sites for hydroxylation is 1. The molecule has 0 spiro atoms. The molecule has 146 valence electrons. The van der Waals surface area contributed by atoms with E-state index in [1.807, 2.05) is 29.9 Å². The highest BCUT2D eigenvalue weighted by atomic mass is 35.5. The highest BCUT2D eigenvalue weighted by molar-refractivity contribution is 7.12. The summed E-state index contributed by atoms with van der Waals surface area (Å²) in [6, 6.07) is 1.95. The number of thiazole rings is 1. The molecule has 0 radical (unpaired) electrons. The molecular formula is C17H27Cl2N5OS. The summed E-state index contributed by atoms with van der Waals surface area (Å²) in [5.74, 6) is 0.00576. The van der Waals surface area contributed by atoms with E-state index in [1.165, 1.54) is 0 Å². The zero-order valence-corrected chi connectivity index (χ0v) is 17.6. The van der Waals surface area contributed by atoms with Gasteiger partial charge in [-0.2, -0.15) is 0 Å². The lowest BCUT2D eigenvalue weighted by Gasteiger charge is -2.27. The molecule has 1 saturated heterocycles. The molecule has 1 fully saturated rings. The van der Waals surface area contributed by atoms with Gasteiger partial charge in [-0.05, 0) is 32.9 Å². The molecule has 2 aromatic rings. The maximum atomic E-state index is 12.5. The van der Waals surface area contributed by atoms with Gasteiger partial charge in [0.1, 0.15) is 0 Å². The van der Waals surface area contributed by atoms with Crippen molar-refractivity contribution in [2.75, 3.05) is 39.3 Å². The van der Waals surface area contributed by atoms with Gasteiger partial charge in [-0.1, -0.05) is 0 Å². The Balaban J connectivity index is 0.00000169. The second kappa shape index (κ2) is 10.9. The number of hydrogen-bond acceptors (Lipinski definition) is 5. The van der Waals surface area contributed by atoms with Crippen molar-refractivity contribution >= 4 is 42.1 Å². The van der Waals surface area contributed by atoms with Crippen LogP contribution < -0.4 is 10.6 Å². The van der Waals surface area contributed by atoms with Crippen LogP contribution in [-0.4, -0.2) is 59.6 Å². The summed E-state index contributed by atoms with van der Waals surface area (Å²) < 4.78 is 2.04. The first kappa shape index (κ1) is 22.9. The SMILES string of the molecule is Cc1cc(C(=O)NCCCN2CCNCC2)c(C)n1-c1nccs1.Cl.Cl. The van der Waals surface area contributed by atoms with E-state index in [0.29, 0.717) is 6.54 Å². The Hall–Kier alpha value is -1.12. The number of aromatic nitrogens is 2. The van der Waals surface area contributed by atoms with Gasteiger partial charge in [-0.15, -0.1) is 36.2 Å². The molecule has 1 aliphatic heterocycles. The number of rotatable bonds is 6. The van der Waals surface area contributed by atoms with Gasteiger partial charge in [0, 0.05) is 55.7 Å². The van der Waals surface area contributed by atoms with E-state index >= 15 is 0 Å². The minimum absolute atomic E-state index is 0. The molecule has 3 heterocycles. The summed E-state index contributed by atoms with van der Waals surface area (Å²) in [6.45, 7) is 10.1. The van der Waals surface area contributed by atoms with Crippen LogP contribution in [0.5, 0.6) is 0 Å². The Kier molecular flexibility index (Phi) is 9.60. The fourth-order valence-electron chi connectivity index (χ4n) is 3.15. The second-order valence-electron chi connectivity index (χ2n) is 6.14. The molecule has 26 heavy (non-hydrogen) atoms. The van der Waals surface area contributed by atoms with E-state index in [1.54, 1.807) is 17.5 Å². The molecule has 3 rings (SSSR count). The van der Waals surface area contributed by atoms with Gasteiger partial charge in [0.15, 0.2) is 5.13 Å². The van der Waals surface area contributed by atoms with E-state index < -0.39 is 0 Å². The molecular weight excluding hydrogens is 393 g/mol. The summed E-state index contributed by atoms with van der Waals surface area (Å²) in [4.78, 5) is 19.3. The largest absolute Gasteiger partial charge is 0.352 e. The highest BCUT2D eigenvalue weighted by Crippen LogP contribution is 2.22. The summed E-state index contributed by atoms with van der Waals surface area (Å²) >= 11 is 1.58. The van der Waals surface area contributed by atoms with Crippen molar-refractivity contribution in [1.82, 2.24) is 25.1 Å². The highest BCUT2D eigenvalue weighted by Gasteiger charge is 2.17. The minimum Gasteiger partial charge on any atom is -0.352 e. The molecule has 6 nitrogen and oxygen atoms in total.